The summed E-state index contributed by atoms with van der Waals surface area (Å²) in [5, 5.41) is 17.5. The van der Waals surface area contributed by atoms with E-state index in [1.54, 1.807) is 6.92 Å². The highest BCUT2D eigenvalue weighted by atomic mass is 35.5. The van der Waals surface area contributed by atoms with Crippen LogP contribution in [0.15, 0.2) is 6.26 Å². The van der Waals surface area contributed by atoms with Gasteiger partial charge in [-0.3, -0.25) is 0 Å². The average molecular weight is 192 g/mol. The minimum absolute atomic E-state index is 0.202. The molecule has 0 aromatic carbocycles. The molecular weight excluding hydrogens is 186 g/mol. The summed E-state index contributed by atoms with van der Waals surface area (Å²) in [6.07, 6.45) is 0.622. The Morgan fingerprint density at radius 1 is 1.73 bits per heavy atom. The first-order chi connectivity index (χ1) is 5.15. The number of hydrogen-bond acceptors (Lipinski definition) is 4. The van der Waals surface area contributed by atoms with E-state index in [0.29, 0.717) is 21.3 Å². The van der Waals surface area contributed by atoms with Crippen molar-refractivity contribution >= 4 is 28.7 Å². The van der Waals surface area contributed by atoms with Crippen molar-refractivity contribution in [1.82, 2.24) is 4.98 Å². The molecule has 0 spiro atoms. The summed E-state index contributed by atoms with van der Waals surface area (Å²) in [5.41, 5.74) is 0.614. The zero-order valence-electron chi connectivity index (χ0n) is 5.71. The van der Waals surface area contributed by atoms with Crippen molar-refractivity contribution in [1.29, 1.82) is 0 Å². The smallest absolute Gasteiger partial charge is 0.184 e. The third-order valence-electron chi connectivity index (χ3n) is 1.13. The second-order valence-electron chi connectivity index (χ2n) is 1.90. The molecule has 1 rings (SSSR count). The number of nitrogens with zero attached hydrogens (tertiary/aromatic N) is 1. The minimum Gasteiger partial charge on any atom is -0.512 e. The Labute approximate surface area is 72.6 Å². The van der Waals surface area contributed by atoms with Crippen LogP contribution in [0.5, 0.6) is 0 Å². The van der Waals surface area contributed by atoms with Gasteiger partial charge in [0.1, 0.15) is 6.26 Å². The van der Waals surface area contributed by atoms with Gasteiger partial charge in [0, 0.05) is 0 Å². The molecule has 0 atom stereocenters. The maximum Gasteiger partial charge on any atom is 0.184 e. The summed E-state index contributed by atoms with van der Waals surface area (Å²) >= 11 is 6.68. The zero-order chi connectivity index (χ0) is 8.43. The van der Waals surface area contributed by atoms with Gasteiger partial charge in [0.2, 0.25) is 0 Å². The number of thiazole rings is 1. The molecule has 1 aromatic heterocycles. The lowest BCUT2D eigenvalue weighted by atomic mass is 10.3. The van der Waals surface area contributed by atoms with Crippen LogP contribution in [0.1, 0.15) is 10.6 Å². The van der Waals surface area contributed by atoms with Crippen LogP contribution in [0.3, 0.4) is 0 Å². The molecule has 0 aliphatic rings. The molecule has 60 valence electrons. The minimum atomic E-state index is -0.202. The first-order valence-electron chi connectivity index (χ1n) is 2.81. The predicted octanol–water partition coefficient (Wildman–Crippen LogP) is 2.52. The summed E-state index contributed by atoms with van der Waals surface area (Å²) in [6.45, 7) is 1.71. The van der Waals surface area contributed by atoms with Gasteiger partial charge < -0.3 is 10.2 Å². The van der Waals surface area contributed by atoms with Gasteiger partial charge in [-0.15, -0.1) is 0 Å². The van der Waals surface area contributed by atoms with Gasteiger partial charge in [0.25, 0.3) is 0 Å². The lowest BCUT2D eigenvalue weighted by Gasteiger charge is -1.91. The van der Waals surface area contributed by atoms with Crippen LogP contribution in [-0.2, 0) is 0 Å². The van der Waals surface area contributed by atoms with Crippen LogP contribution in [0.2, 0.25) is 4.47 Å². The lowest BCUT2D eigenvalue weighted by molar-refractivity contribution is 0.432. The summed E-state index contributed by atoms with van der Waals surface area (Å²) in [5.74, 6) is -0.202. The molecule has 0 saturated heterocycles. The number of aliphatic hydroxyl groups excluding tert-OH is 2. The van der Waals surface area contributed by atoms with Gasteiger partial charge in [-0.25, -0.2) is 4.98 Å². The van der Waals surface area contributed by atoms with Crippen LogP contribution < -0.4 is 0 Å². The molecule has 0 radical (unpaired) electrons. The maximum atomic E-state index is 9.05. The predicted molar refractivity (Wildman–Crippen MR) is 45.1 cm³/mol. The van der Waals surface area contributed by atoms with E-state index in [4.69, 9.17) is 21.8 Å². The topological polar surface area (TPSA) is 53.4 Å². The molecular formula is C6H6ClNO2S. The molecule has 0 bridgehead atoms. The van der Waals surface area contributed by atoms with Gasteiger partial charge >= 0.3 is 0 Å². The standard InChI is InChI=1S/C6H6ClNO2S/c1-3-5(4(10)2-9)11-6(7)8-3/h2,9-10H,1H3/b4-2+. The Kier molecular flexibility index (Phi) is 2.36. The largest absolute Gasteiger partial charge is 0.512 e. The summed E-state index contributed by atoms with van der Waals surface area (Å²) in [4.78, 5) is 4.35. The van der Waals surface area contributed by atoms with Crippen molar-refractivity contribution in [2.24, 2.45) is 0 Å². The molecule has 0 aliphatic heterocycles. The number of hydrogen-bond donors (Lipinski definition) is 2. The second kappa shape index (κ2) is 3.11. The van der Waals surface area contributed by atoms with Gasteiger partial charge in [0.05, 0.1) is 10.6 Å². The Bertz CT molecular complexity index is 295. The Morgan fingerprint density at radius 3 is 2.73 bits per heavy atom. The first kappa shape index (κ1) is 8.36. The average Bonchev–Trinajstić information content (AvgIpc) is 2.28. The van der Waals surface area contributed by atoms with Gasteiger partial charge in [-0.1, -0.05) is 22.9 Å². The molecule has 0 fully saturated rings. The van der Waals surface area contributed by atoms with E-state index in [1.165, 1.54) is 0 Å². The fourth-order valence-electron chi connectivity index (χ4n) is 0.660. The fourth-order valence-corrected chi connectivity index (χ4v) is 1.72. The molecule has 5 heteroatoms. The monoisotopic (exact) mass is 191 g/mol. The normalized spacial score (nSPS) is 12.0. The quantitative estimate of drug-likeness (QED) is 0.671. The first-order valence-corrected chi connectivity index (χ1v) is 4.01. The van der Waals surface area contributed by atoms with Crippen molar-refractivity contribution in [2.75, 3.05) is 0 Å². The van der Waals surface area contributed by atoms with Crippen LogP contribution in [-0.4, -0.2) is 15.2 Å². The zero-order valence-corrected chi connectivity index (χ0v) is 7.28. The van der Waals surface area contributed by atoms with E-state index in [2.05, 4.69) is 4.98 Å². The van der Waals surface area contributed by atoms with Crippen molar-refractivity contribution in [3.63, 3.8) is 0 Å². The Hall–Kier alpha value is -0.740. The molecule has 11 heavy (non-hydrogen) atoms. The second-order valence-corrected chi connectivity index (χ2v) is 3.48. The number of aliphatic hydroxyl groups is 2. The van der Waals surface area contributed by atoms with Crippen LogP contribution in [0.4, 0.5) is 0 Å². The number of rotatable bonds is 1. The van der Waals surface area contributed by atoms with Crippen molar-refractivity contribution in [3.8, 4) is 0 Å². The summed E-state index contributed by atoms with van der Waals surface area (Å²) in [6, 6.07) is 0. The Balaban J connectivity index is 3.13. The molecule has 0 unspecified atom stereocenters. The van der Waals surface area contributed by atoms with E-state index in [-0.39, 0.29) is 5.76 Å². The third-order valence-corrected chi connectivity index (χ3v) is 2.41. The van der Waals surface area contributed by atoms with E-state index < -0.39 is 0 Å². The number of halogens is 1. The van der Waals surface area contributed by atoms with Crippen molar-refractivity contribution < 1.29 is 10.2 Å². The van der Waals surface area contributed by atoms with E-state index in [9.17, 15) is 0 Å². The SMILES string of the molecule is Cc1nc(Cl)sc1/C(O)=C\O. The third kappa shape index (κ3) is 1.64. The number of aryl methyl sites for hydroxylation is 1. The van der Waals surface area contributed by atoms with E-state index >= 15 is 0 Å². The van der Waals surface area contributed by atoms with Crippen molar-refractivity contribution in [3.05, 3.63) is 21.3 Å². The van der Waals surface area contributed by atoms with Crippen LogP contribution in [0, 0.1) is 6.92 Å². The maximum absolute atomic E-state index is 9.05. The molecule has 0 amide bonds. The molecule has 0 aliphatic carbocycles. The van der Waals surface area contributed by atoms with Crippen LogP contribution >= 0.6 is 22.9 Å². The van der Waals surface area contributed by atoms with Gasteiger partial charge in [-0.05, 0) is 6.92 Å². The van der Waals surface area contributed by atoms with Gasteiger partial charge in [0.15, 0.2) is 10.2 Å². The fraction of sp³-hybridized carbons (Fsp3) is 0.167. The molecule has 3 nitrogen and oxygen atoms in total. The summed E-state index contributed by atoms with van der Waals surface area (Å²) in [7, 11) is 0. The van der Waals surface area contributed by atoms with Crippen molar-refractivity contribution in [2.45, 2.75) is 6.92 Å². The van der Waals surface area contributed by atoms with Crippen LogP contribution in [0.25, 0.3) is 5.76 Å². The molecule has 1 heterocycles. The molecule has 1 aromatic rings. The van der Waals surface area contributed by atoms with E-state index in [0.717, 1.165) is 11.3 Å². The highest BCUT2D eigenvalue weighted by Gasteiger charge is 2.09. The van der Waals surface area contributed by atoms with E-state index in [1.807, 2.05) is 0 Å². The summed E-state index contributed by atoms with van der Waals surface area (Å²) < 4.78 is 0.353. The molecule has 2 N–H and O–H groups in total. The number of aromatic nitrogens is 1. The lowest BCUT2D eigenvalue weighted by Crippen LogP contribution is -1.81. The molecule has 0 saturated carbocycles. The Morgan fingerprint density at radius 2 is 2.36 bits per heavy atom. The highest BCUT2D eigenvalue weighted by Crippen LogP contribution is 2.26. The highest BCUT2D eigenvalue weighted by molar-refractivity contribution is 7.16. The van der Waals surface area contributed by atoms with Gasteiger partial charge in [-0.2, -0.15) is 0 Å².